The quantitative estimate of drug-likeness (QED) is 0.927. The molecular formula is C15H19N3O3S. The average Bonchev–Trinajstić information content (AvgIpc) is 2.42. The van der Waals surface area contributed by atoms with Crippen LogP contribution in [-0.2, 0) is 15.0 Å². The monoisotopic (exact) mass is 321 g/mol. The van der Waals surface area contributed by atoms with Gasteiger partial charge >= 0.3 is 10.2 Å². The minimum Gasteiger partial charge on any atom is -0.322 e. The highest BCUT2D eigenvalue weighted by molar-refractivity contribution is 7.88. The van der Waals surface area contributed by atoms with Crippen LogP contribution in [0.5, 0.6) is 0 Å². The molecule has 1 aliphatic rings. The van der Waals surface area contributed by atoms with E-state index in [1.165, 1.54) is 25.7 Å². The van der Waals surface area contributed by atoms with Crippen molar-refractivity contribution < 1.29 is 13.2 Å². The van der Waals surface area contributed by atoms with Crippen LogP contribution < -0.4 is 5.32 Å². The molecular weight excluding hydrogens is 302 g/mol. The minimum absolute atomic E-state index is 0.175. The molecule has 6 nitrogen and oxygen atoms in total. The molecule has 1 amide bonds. The van der Waals surface area contributed by atoms with E-state index in [1.54, 1.807) is 0 Å². The molecule has 1 N–H and O–H groups in total. The van der Waals surface area contributed by atoms with Crippen LogP contribution in [0.4, 0.5) is 5.69 Å². The summed E-state index contributed by atoms with van der Waals surface area (Å²) in [5.41, 5.74) is 2.23. The van der Waals surface area contributed by atoms with Crippen LogP contribution in [0.2, 0.25) is 0 Å². The van der Waals surface area contributed by atoms with E-state index in [2.05, 4.69) is 23.6 Å². The Kier molecular flexibility index (Phi) is 4.37. The predicted octanol–water partition coefficient (Wildman–Crippen LogP) is 2.28. The standard InChI is InChI=1S/C15H19N3O3S/c1-10(2)12-5-7-13(8-6-12)16-15(19)14-9-18(4)22(20,21)17-11(14)3/h5-10H,1-4H3,(H,16,19). The van der Waals surface area contributed by atoms with Gasteiger partial charge in [-0.25, -0.2) is 0 Å². The summed E-state index contributed by atoms with van der Waals surface area (Å²) in [6.07, 6.45) is 1.27. The minimum atomic E-state index is -3.70. The van der Waals surface area contributed by atoms with Gasteiger partial charge in [0, 0.05) is 18.9 Å². The van der Waals surface area contributed by atoms with Gasteiger partial charge in [0.25, 0.3) is 5.91 Å². The number of anilines is 1. The number of carbonyl (C=O) groups is 1. The van der Waals surface area contributed by atoms with E-state index in [1.807, 2.05) is 24.3 Å². The number of nitrogens with zero attached hydrogens (tertiary/aromatic N) is 2. The summed E-state index contributed by atoms with van der Waals surface area (Å²) in [5.74, 6) is 0.0272. The van der Waals surface area contributed by atoms with Crippen LogP contribution in [0, 0.1) is 0 Å². The maximum atomic E-state index is 12.3. The number of nitrogens with one attached hydrogen (secondary N) is 1. The van der Waals surface area contributed by atoms with Crippen molar-refractivity contribution >= 4 is 27.5 Å². The smallest absolute Gasteiger partial charge is 0.322 e. The van der Waals surface area contributed by atoms with Crippen LogP contribution in [0.25, 0.3) is 0 Å². The van der Waals surface area contributed by atoms with Gasteiger partial charge in [-0.1, -0.05) is 26.0 Å². The second-order valence-electron chi connectivity index (χ2n) is 5.44. The number of benzene rings is 1. The van der Waals surface area contributed by atoms with E-state index in [0.717, 1.165) is 4.31 Å². The first-order chi connectivity index (χ1) is 10.2. The highest BCUT2D eigenvalue weighted by Gasteiger charge is 2.25. The van der Waals surface area contributed by atoms with Crippen LogP contribution in [0.1, 0.15) is 32.3 Å². The summed E-state index contributed by atoms with van der Waals surface area (Å²) in [6.45, 7) is 5.69. The zero-order valence-electron chi connectivity index (χ0n) is 13.0. The first kappa shape index (κ1) is 16.2. The van der Waals surface area contributed by atoms with Crippen LogP contribution in [0.15, 0.2) is 40.4 Å². The van der Waals surface area contributed by atoms with Crippen molar-refractivity contribution in [1.82, 2.24) is 4.31 Å². The average molecular weight is 321 g/mol. The molecule has 0 fully saturated rings. The molecule has 1 heterocycles. The molecule has 1 aliphatic heterocycles. The molecule has 0 aromatic heterocycles. The Labute approximate surface area is 130 Å². The van der Waals surface area contributed by atoms with Gasteiger partial charge in [0.05, 0.1) is 11.3 Å². The first-order valence-corrected chi connectivity index (χ1v) is 8.28. The van der Waals surface area contributed by atoms with Crippen molar-refractivity contribution in [3.8, 4) is 0 Å². The third-order valence-corrected chi connectivity index (χ3v) is 4.73. The maximum absolute atomic E-state index is 12.3. The largest absolute Gasteiger partial charge is 0.344 e. The molecule has 0 saturated heterocycles. The van der Waals surface area contributed by atoms with E-state index in [9.17, 15) is 13.2 Å². The number of amides is 1. The molecule has 1 aromatic rings. The molecule has 118 valence electrons. The highest BCUT2D eigenvalue weighted by Crippen LogP contribution is 2.19. The van der Waals surface area contributed by atoms with Crippen molar-refractivity contribution in [3.05, 3.63) is 41.6 Å². The number of hydrogen-bond donors (Lipinski definition) is 1. The van der Waals surface area contributed by atoms with Crippen molar-refractivity contribution in [2.24, 2.45) is 4.40 Å². The van der Waals surface area contributed by atoms with E-state index >= 15 is 0 Å². The zero-order valence-corrected chi connectivity index (χ0v) is 13.8. The lowest BCUT2D eigenvalue weighted by Gasteiger charge is -2.19. The van der Waals surface area contributed by atoms with Crippen LogP contribution in [-0.4, -0.2) is 31.4 Å². The van der Waals surface area contributed by atoms with E-state index in [4.69, 9.17) is 0 Å². The maximum Gasteiger partial charge on any atom is 0.344 e. The fourth-order valence-corrected chi connectivity index (χ4v) is 2.81. The molecule has 7 heteroatoms. The molecule has 0 unspecified atom stereocenters. The van der Waals surface area contributed by atoms with Crippen molar-refractivity contribution in [3.63, 3.8) is 0 Å². The van der Waals surface area contributed by atoms with Crippen molar-refractivity contribution in [2.45, 2.75) is 26.7 Å². The summed E-state index contributed by atoms with van der Waals surface area (Å²) >= 11 is 0. The third-order valence-electron chi connectivity index (χ3n) is 3.40. The number of rotatable bonds is 3. The van der Waals surface area contributed by atoms with Gasteiger partial charge in [0.1, 0.15) is 0 Å². The Morgan fingerprint density at radius 2 is 1.82 bits per heavy atom. The van der Waals surface area contributed by atoms with Gasteiger partial charge in [-0.2, -0.15) is 8.42 Å². The molecule has 0 atom stereocenters. The van der Waals surface area contributed by atoms with Crippen molar-refractivity contribution in [1.29, 1.82) is 0 Å². The van der Waals surface area contributed by atoms with Gasteiger partial charge in [-0.3, -0.25) is 9.10 Å². The van der Waals surface area contributed by atoms with Gasteiger partial charge in [0.15, 0.2) is 0 Å². The van der Waals surface area contributed by atoms with Crippen LogP contribution >= 0.6 is 0 Å². The molecule has 22 heavy (non-hydrogen) atoms. The topological polar surface area (TPSA) is 78.8 Å². The molecule has 1 aromatic carbocycles. The lowest BCUT2D eigenvalue weighted by molar-refractivity contribution is -0.112. The SMILES string of the molecule is CC1=NS(=O)(=O)N(C)C=C1C(=O)Nc1ccc(C(C)C)cc1. The summed E-state index contributed by atoms with van der Waals surface area (Å²) in [5, 5.41) is 2.75. The lowest BCUT2D eigenvalue weighted by Crippen LogP contribution is -2.30. The first-order valence-electron chi connectivity index (χ1n) is 6.89. The lowest BCUT2D eigenvalue weighted by atomic mass is 10.0. The van der Waals surface area contributed by atoms with E-state index in [0.29, 0.717) is 11.6 Å². The molecule has 0 bridgehead atoms. The Morgan fingerprint density at radius 3 is 2.36 bits per heavy atom. The summed E-state index contributed by atoms with van der Waals surface area (Å²) in [6, 6.07) is 7.55. The van der Waals surface area contributed by atoms with E-state index < -0.39 is 10.2 Å². The van der Waals surface area contributed by atoms with Gasteiger partial charge in [-0.05, 0) is 30.5 Å². The second kappa shape index (κ2) is 5.92. The molecule has 0 saturated carbocycles. The second-order valence-corrected chi connectivity index (χ2v) is 7.10. The van der Waals surface area contributed by atoms with Gasteiger partial charge in [0.2, 0.25) is 0 Å². The fourth-order valence-electron chi connectivity index (χ4n) is 2.00. The Bertz CT molecular complexity index is 747. The van der Waals surface area contributed by atoms with E-state index in [-0.39, 0.29) is 17.2 Å². The third kappa shape index (κ3) is 3.36. The predicted molar refractivity (Wildman–Crippen MR) is 87.0 cm³/mol. The molecule has 2 rings (SSSR count). The Morgan fingerprint density at radius 1 is 1.23 bits per heavy atom. The molecule has 0 aliphatic carbocycles. The molecule has 0 spiro atoms. The Balaban J connectivity index is 2.18. The normalized spacial score (nSPS) is 17.0. The van der Waals surface area contributed by atoms with Crippen LogP contribution in [0.3, 0.4) is 0 Å². The van der Waals surface area contributed by atoms with Crippen molar-refractivity contribution in [2.75, 3.05) is 12.4 Å². The number of hydrogen-bond acceptors (Lipinski definition) is 3. The zero-order chi connectivity index (χ0) is 16.5. The Hall–Kier alpha value is -2.15. The van der Waals surface area contributed by atoms with Gasteiger partial charge in [-0.15, -0.1) is 4.40 Å². The highest BCUT2D eigenvalue weighted by atomic mass is 32.2. The van der Waals surface area contributed by atoms with Gasteiger partial charge < -0.3 is 5.32 Å². The summed E-state index contributed by atoms with van der Waals surface area (Å²) in [4.78, 5) is 12.3. The number of carbonyl (C=O) groups excluding carboxylic acids is 1. The summed E-state index contributed by atoms with van der Waals surface area (Å²) < 4.78 is 27.7. The molecule has 0 radical (unpaired) electrons. The summed E-state index contributed by atoms with van der Waals surface area (Å²) in [7, 11) is -2.36. The fraction of sp³-hybridized carbons (Fsp3) is 0.333.